The van der Waals surface area contributed by atoms with Crippen LogP contribution < -0.4 is 4.80 Å². The van der Waals surface area contributed by atoms with E-state index < -0.39 is 15.9 Å². The predicted octanol–water partition coefficient (Wildman–Crippen LogP) is 4.65. The van der Waals surface area contributed by atoms with E-state index in [0.29, 0.717) is 29.4 Å². The van der Waals surface area contributed by atoms with E-state index in [4.69, 9.17) is 6.42 Å². The molecule has 4 aromatic rings. The van der Waals surface area contributed by atoms with Gasteiger partial charge in [-0.15, -0.1) is 6.42 Å². The number of carbonyl (C=O) groups is 1. The van der Waals surface area contributed by atoms with Gasteiger partial charge in [0, 0.05) is 24.0 Å². The molecule has 0 bridgehead atoms. The van der Waals surface area contributed by atoms with Gasteiger partial charge in [-0.1, -0.05) is 54.5 Å². The van der Waals surface area contributed by atoms with Crippen molar-refractivity contribution in [3.63, 3.8) is 0 Å². The summed E-state index contributed by atoms with van der Waals surface area (Å²) in [5, 5.41) is 2.18. The maximum atomic E-state index is 13.0. The highest BCUT2D eigenvalue weighted by atomic mass is 32.2. The van der Waals surface area contributed by atoms with Crippen LogP contribution in [0.25, 0.3) is 21.0 Å². The molecule has 1 aliphatic heterocycles. The lowest BCUT2D eigenvalue weighted by atomic mass is 10.0. The molecule has 5 rings (SSSR count). The van der Waals surface area contributed by atoms with Crippen LogP contribution in [0.5, 0.6) is 0 Å². The van der Waals surface area contributed by atoms with Gasteiger partial charge in [0.05, 0.1) is 21.7 Å². The van der Waals surface area contributed by atoms with Crippen LogP contribution in [0.2, 0.25) is 0 Å². The Kier molecular flexibility index (Phi) is 6.32. The molecule has 0 atom stereocenters. The number of amides is 1. The molecule has 1 fully saturated rings. The van der Waals surface area contributed by atoms with Gasteiger partial charge in [-0.3, -0.25) is 4.79 Å². The fourth-order valence-electron chi connectivity index (χ4n) is 4.42. The summed E-state index contributed by atoms with van der Waals surface area (Å²) in [7, 11) is -3.57. The zero-order valence-electron chi connectivity index (χ0n) is 19.3. The molecule has 1 aromatic heterocycles. The summed E-state index contributed by atoms with van der Waals surface area (Å²) in [4.78, 5) is 18.1. The molecule has 1 amide bonds. The number of thiazole rings is 1. The number of hydrogen-bond acceptors (Lipinski definition) is 4. The highest BCUT2D eigenvalue weighted by Crippen LogP contribution is 2.28. The molecule has 178 valence electrons. The van der Waals surface area contributed by atoms with Crippen LogP contribution in [0, 0.1) is 18.3 Å². The molecule has 6 nitrogen and oxygen atoms in total. The van der Waals surface area contributed by atoms with Crippen molar-refractivity contribution >= 4 is 48.3 Å². The molecule has 8 heteroatoms. The predicted molar refractivity (Wildman–Crippen MR) is 140 cm³/mol. The first-order valence-electron chi connectivity index (χ1n) is 11.5. The van der Waals surface area contributed by atoms with E-state index in [1.54, 1.807) is 0 Å². The molecular formula is C27H25N3O3S2. The number of terminal acetylenes is 1. The van der Waals surface area contributed by atoms with Crippen LogP contribution in [0.1, 0.15) is 30.1 Å². The molecule has 0 aliphatic carbocycles. The summed E-state index contributed by atoms with van der Waals surface area (Å²) in [5.41, 5.74) is 1.25. The van der Waals surface area contributed by atoms with Crippen molar-refractivity contribution in [2.45, 2.75) is 31.2 Å². The molecule has 2 heterocycles. The van der Waals surface area contributed by atoms with Crippen molar-refractivity contribution in [1.29, 1.82) is 0 Å². The first kappa shape index (κ1) is 23.5. The van der Waals surface area contributed by atoms with E-state index >= 15 is 0 Å². The SMILES string of the molecule is C#CCn1c(=NC(=O)c2ccc(S(=O)(=O)N3CCC(C)CC3)cc2)sc2c3ccccc3ccc21. The quantitative estimate of drug-likeness (QED) is 0.381. The third kappa shape index (κ3) is 4.43. The molecule has 0 N–H and O–H groups in total. The molecule has 0 saturated carbocycles. The fourth-order valence-corrected chi connectivity index (χ4v) is 7.06. The molecule has 0 radical (unpaired) electrons. The molecule has 1 aliphatic rings. The first-order valence-corrected chi connectivity index (χ1v) is 13.8. The van der Waals surface area contributed by atoms with Crippen molar-refractivity contribution < 1.29 is 13.2 Å². The lowest BCUT2D eigenvalue weighted by molar-refractivity contribution is 0.0997. The van der Waals surface area contributed by atoms with E-state index in [9.17, 15) is 13.2 Å². The van der Waals surface area contributed by atoms with E-state index in [0.717, 1.165) is 33.8 Å². The number of rotatable bonds is 4. The second kappa shape index (κ2) is 9.42. The highest BCUT2D eigenvalue weighted by molar-refractivity contribution is 7.89. The fraction of sp³-hybridized carbons (Fsp3) is 0.259. The number of sulfonamides is 1. The van der Waals surface area contributed by atoms with Crippen LogP contribution in [0.4, 0.5) is 0 Å². The van der Waals surface area contributed by atoms with Crippen LogP contribution >= 0.6 is 11.3 Å². The van der Waals surface area contributed by atoms with Crippen molar-refractivity contribution in [3.8, 4) is 12.3 Å². The summed E-state index contributed by atoms with van der Waals surface area (Å²) < 4.78 is 30.4. The van der Waals surface area contributed by atoms with Gasteiger partial charge in [0.1, 0.15) is 0 Å². The smallest absolute Gasteiger partial charge is 0.279 e. The van der Waals surface area contributed by atoms with Gasteiger partial charge >= 0.3 is 0 Å². The standard InChI is InChI=1S/C27H25N3O3S2/c1-3-16-30-24-13-10-20-6-4-5-7-23(20)25(24)34-27(30)28-26(31)21-8-11-22(12-9-21)35(32,33)29-17-14-19(2)15-18-29/h1,4-13,19H,14-18H2,2H3. The largest absolute Gasteiger partial charge is 0.305 e. The van der Waals surface area contributed by atoms with Gasteiger partial charge in [0.15, 0.2) is 4.80 Å². The van der Waals surface area contributed by atoms with E-state index in [1.165, 1.54) is 39.9 Å². The van der Waals surface area contributed by atoms with Crippen molar-refractivity contribution in [2.24, 2.45) is 10.9 Å². The lowest BCUT2D eigenvalue weighted by Gasteiger charge is -2.29. The zero-order chi connectivity index (χ0) is 24.6. The summed E-state index contributed by atoms with van der Waals surface area (Å²) >= 11 is 1.42. The third-order valence-corrected chi connectivity index (χ3v) is 9.54. The average molecular weight is 504 g/mol. The van der Waals surface area contributed by atoms with Gasteiger partial charge in [0.25, 0.3) is 5.91 Å². The molecular weight excluding hydrogens is 478 g/mol. The highest BCUT2D eigenvalue weighted by Gasteiger charge is 2.28. The second-order valence-corrected chi connectivity index (χ2v) is 11.8. The molecule has 0 unspecified atom stereocenters. The van der Waals surface area contributed by atoms with E-state index in [2.05, 4.69) is 17.8 Å². The maximum Gasteiger partial charge on any atom is 0.279 e. The average Bonchev–Trinajstić information content (AvgIpc) is 3.22. The minimum atomic E-state index is -3.57. The molecule has 0 spiro atoms. The summed E-state index contributed by atoms with van der Waals surface area (Å²) in [5.74, 6) is 2.74. The summed E-state index contributed by atoms with van der Waals surface area (Å²) in [6.07, 6.45) is 7.32. The zero-order valence-corrected chi connectivity index (χ0v) is 21.0. The summed E-state index contributed by atoms with van der Waals surface area (Å²) in [6, 6.07) is 18.1. The Hall–Kier alpha value is -3.25. The molecule has 1 saturated heterocycles. The second-order valence-electron chi connectivity index (χ2n) is 8.84. The Labute approximate surface area is 208 Å². The van der Waals surface area contributed by atoms with E-state index in [-0.39, 0.29) is 11.4 Å². The Bertz CT molecular complexity index is 1630. The number of hydrogen-bond donors (Lipinski definition) is 0. The number of aromatic nitrogens is 1. The number of fused-ring (bicyclic) bond motifs is 3. The number of nitrogens with zero attached hydrogens (tertiary/aromatic N) is 3. The number of piperidine rings is 1. The van der Waals surface area contributed by atoms with Crippen LogP contribution in [-0.4, -0.2) is 36.3 Å². The van der Waals surface area contributed by atoms with Crippen molar-refractivity contribution in [3.05, 3.63) is 71.0 Å². The van der Waals surface area contributed by atoms with Crippen LogP contribution in [0.3, 0.4) is 0 Å². The topological polar surface area (TPSA) is 71.7 Å². The minimum absolute atomic E-state index is 0.194. The Morgan fingerprint density at radius 2 is 1.80 bits per heavy atom. The van der Waals surface area contributed by atoms with Gasteiger partial charge < -0.3 is 4.57 Å². The monoisotopic (exact) mass is 503 g/mol. The Morgan fingerprint density at radius 3 is 2.51 bits per heavy atom. The third-order valence-electron chi connectivity index (χ3n) is 6.50. The summed E-state index contributed by atoms with van der Waals surface area (Å²) in [6.45, 7) is 3.47. The molecule has 35 heavy (non-hydrogen) atoms. The Balaban J connectivity index is 1.49. The van der Waals surface area contributed by atoms with E-state index in [1.807, 2.05) is 41.0 Å². The lowest BCUT2D eigenvalue weighted by Crippen LogP contribution is -2.37. The Morgan fingerprint density at radius 1 is 1.09 bits per heavy atom. The molecule has 3 aromatic carbocycles. The van der Waals surface area contributed by atoms with Crippen molar-refractivity contribution in [1.82, 2.24) is 8.87 Å². The van der Waals surface area contributed by atoms with Gasteiger partial charge in [-0.25, -0.2) is 8.42 Å². The minimum Gasteiger partial charge on any atom is -0.305 e. The van der Waals surface area contributed by atoms with Crippen LogP contribution in [-0.2, 0) is 16.6 Å². The van der Waals surface area contributed by atoms with Crippen molar-refractivity contribution in [2.75, 3.05) is 13.1 Å². The normalized spacial score (nSPS) is 16.1. The first-order chi connectivity index (χ1) is 16.9. The number of benzene rings is 3. The van der Waals surface area contributed by atoms with Gasteiger partial charge in [0.2, 0.25) is 10.0 Å². The van der Waals surface area contributed by atoms with Gasteiger partial charge in [-0.2, -0.15) is 9.30 Å². The van der Waals surface area contributed by atoms with Crippen LogP contribution in [0.15, 0.2) is 70.6 Å². The maximum absolute atomic E-state index is 13.0. The number of carbonyl (C=O) groups excluding carboxylic acids is 1. The van der Waals surface area contributed by atoms with Gasteiger partial charge in [-0.05, 0) is 54.5 Å².